The number of hydrogen-bond donors (Lipinski definition) is 1. The van der Waals surface area contributed by atoms with E-state index in [0.29, 0.717) is 12.8 Å². The van der Waals surface area contributed by atoms with Crippen LogP contribution in [0.5, 0.6) is 0 Å². The topological polar surface area (TPSA) is 101 Å². The van der Waals surface area contributed by atoms with Gasteiger partial charge in [0.25, 0.3) is 5.69 Å². The van der Waals surface area contributed by atoms with Gasteiger partial charge in [0.1, 0.15) is 0 Å². The lowest BCUT2D eigenvalue weighted by Gasteiger charge is -2.28. The van der Waals surface area contributed by atoms with Crippen molar-refractivity contribution in [3.05, 3.63) is 34.4 Å². The first-order valence-electron chi connectivity index (χ1n) is 6.75. The van der Waals surface area contributed by atoms with Crippen LogP contribution in [0.25, 0.3) is 0 Å². The third-order valence-electron chi connectivity index (χ3n) is 3.32. The number of nitrogens with zero attached hydrogens (tertiary/aromatic N) is 2. The number of nitro benzene ring substituents is 1. The summed E-state index contributed by atoms with van der Waals surface area (Å²) in [5.41, 5.74) is -0.162. The van der Waals surface area contributed by atoms with Gasteiger partial charge in [-0.05, 0) is 25.0 Å². The molecule has 0 bridgehead atoms. The van der Waals surface area contributed by atoms with Crippen molar-refractivity contribution in [2.75, 3.05) is 13.2 Å². The monoisotopic (exact) mass is 316 g/mol. The Balaban J connectivity index is 3.18. The normalized spacial score (nSPS) is 12.0. The summed E-state index contributed by atoms with van der Waals surface area (Å²) in [4.78, 5) is 10.0. The third kappa shape index (κ3) is 3.99. The predicted molar refractivity (Wildman–Crippen MR) is 78.4 cm³/mol. The third-order valence-corrected chi connectivity index (χ3v) is 5.29. The zero-order valence-electron chi connectivity index (χ0n) is 12.1. The Bertz CT molecular complexity index is 567. The van der Waals surface area contributed by atoms with Gasteiger partial charge in [0.2, 0.25) is 10.0 Å². The molecule has 7 nitrogen and oxygen atoms in total. The van der Waals surface area contributed by atoms with Gasteiger partial charge in [-0.15, -0.1) is 0 Å². The second-order valence-corrected chi connectivity index (χ2v) is 6.45. The van der Waals surface area contributed by atoms with Crippen LogP contribution in [-0.2, 0) is 10.0 Å². The largest absolute Gasteiger partial charge is 0.395 e. The van der Waals surface area contributed by atoms with E-state index < -0.39 is 14.9 Å². The summed E-state index contributed by atoms with van der Waals surface area (Å²) in [6, 6.07) is 4.56. The summed E-state index contributed by atoms with van der Waals surface area (Å²) < 4.78 is 26.5. The molecule has 0 spiro atoms. The summed E-state index contributed by atoms with van der Waals surface area (Å²) in [5, 5.41) is 19.7. The fourth-order valence-corrected chi connectivity index (χ4v) is 3.93. The minimum atomic E-state index is -3.78. The molecule has 1 rings (SSSR count). The van der Waals surface area contributed by atoms with Crippen molar-refractivity contribution in [3.8, 4) is 0 Å². The second kappa shape index (κ2) is 7.48. The van der Waals surface area contributed by atoms with E-state index in [4.69, 9.17) is 5.11 Å². The van der Waals surface area contributed by atoms with E-state index in [1.165, 1.54) is 16.4 Å². The molecule has 21 heavy (non-hydrogen) atoms. The number of benzene rings is 1. The molecular formula is C13H20N2O5S. The number of aliphatic hydroxyl groups is 1. The molecule has 1 N–H and O–H groups in total. The molecule has 0 aliphatic heterocycles. The van der Waals surface area contributed by atoms with Crippen molar-refractivity contribution >= 4 is 15.7 Å². The minimum Gasteiger partial charge on any atom is -0.395 e. The molecule has 0 aromatic heterocycles. The molecule has 1 aromatic carbocycles. The molecule has 0 amide bonds. The zero-order chi connectivity index (χ0) is 16.0. The number of hydrogen-bond acceptors (Lipinski definition) is 5. The van der Waals surface area contributed by atoms with Gasteiger partial charge in [0.15, 0.2) is 0 Å². The van der Waals surface area contributed by atoms with E-state index in [0.717, 1.165) is 12.1 Å². The number of nitro groups is 1. The van der Waals surface area contributed by atoms with Gasteiger partial charge in [-0.1, -0.05) is 13.8 Å². The molecule has 0 saturated heterocycles. The SMILES string of the molecule is CCC(CC)N(CCO)S(=O)(=O)c1ccc([N+](=O)[O-])cc1. The van der Waals surface area contributed by atoms with E-state index in [2.05, 4.69) is 0 Å². The van der Waals surface area contributed by atoms with Crippen molar-refractivity contribution < 1.29 is 18.4 Å². The molecule has 118 valence electrons. The van der Waals surface area contributed by atoms with Crippen LogP contribution in [0.1, 0.15) is 26.7 Å². The molecular weight excluding hydrogens is 296 g/mol. The Labute approximate surface area is 124 Å². The Morgan fingerprint density at radius 2 is 1.76 bits per heavy atom. The fourth-order valence-electron chi connectivity index (χ4n) is 2.17. The van der Waals surface area contributed by atoms with Crippen molar-refractivity contribution in [1.82, 2.24) is 4.31 Å². The summed E-state index contributed by atoms with van der Waals surface area (Å²) in [7, 11) is -3.78. The van der Waals surface area contributed by atoms with Crippen LogP contribution in [0.15, 0.2) is 29.2 Å². The van der Waals surface area contributed by atoms with E-state index >= 15 is 0 Å². The highest BCUT2D eigenvalue weighted by Crippen LogP contribution is 2.23. The smallest absolute Gasteiger partial charge is 0.269 e. The van der Waals surface area contributed by atoms with Crippen molar-refractivity contribution in [2.45, 2.75) is 37.6 Å². The second-order valence-electron chi connectivity index (χ2n) is 4.56. The first kappa shape index (κ1) is 17.5. The van der Waals surface area contributed by atoms with Crippen LogP contribution >= 0.6 is 0 Å². The molecule has 0 radical (unpaired) electrons. The van der Waals surface area contributed by atoms with Gasteiger partial charge in [0.05, 0.1) is 16.4 Å². The Morgan fingerprint density at radius 3 is 2.14 bits per heavy atom. The van der Waals surface area contributed by atoms with Crippen LogP contribution in [0.4, 0.5) is 5.69 Å². The molecule has 1 aromatic rings. The maximum absolute atomic E-state index is 12.6. The van der Waals surface area contributed by atoms with Crippen LogP contribution in [0, 0.1) is 10.1 Å². The highest BCUT2D eigenvalue weighted by atomic mass is 32.2. The quantitative estimate of drug-likeness (QED) is 0.582. The van der Waals surface area contributed by atoms with Gasteiger partial charge < -0.3 is 5.11 Å². The van der Waals surface area contributed by atoms with E-state index in [1.54, 1.807) is 0 Å². The average molecular weight is 316 g/mol. The van der Waals surface area contributed by atoms with Crippen molar-refractivity contribution in [3.63, 3.8) is 0 Å². The zero-order valence-corrected chi connectivity index (χ0v) is 12.9. The number of non-ortho nitro benzene ring substituents is 1. The summed E-state index contributed by atoms with van der Waals surface area (Å²) in [5.74, 6) is 0. The number of rotatable bonds is 8. The highest BCUT2D eigenvalue weighted by Gasteiger charge is 2.29. The molecule has 0 heterocycles. The van der Waals surface area contributed by atoms with Crippen LogP contribution in [-0.4, -0.2) is 41.9 Å². The van der Waals surface area contributed by atoms with Crippen LogP contribution in [0.3, 0.4) is 0 Å². The van der Waals surface area contributed by atoms with E-state index in [9.17, 15) is 18.5 Å². The molecule has 0 aliphatic rings. The van der Waals surface area contributed by atoms with Crippen LogP contribution < -0.4 is 0 Å². The van der Waals surface area contributed by atoms with Gasteiger partial charge in [-0.25, -0.2) is 8.42 Å². The first-order chi connectivity index (χ1) is 9.88. The maximum Gasteiger partial charge on any atom is 0.269 e. The van der Waals surface area contributed by atoms with Gasteiger partial charge >= 0.3 is 0 Å². The standard InChI is InChI=1S/C13H20N2O5S/c1-3-11(4-2)14(9-10-16)21(19,20)13-7-5-12(6-8-13)15(17)18/h5-8,11,16H,3-4,9-10H2,1-2H3. The highest BCUT2D eigenvalue weighted by molar-refractivity contribution is 7.89. The summed E-state index contributed by atoms with van der Waals surface area (Å²) in [6.07, 6.45) is 1.26. The lowest BCUT2D eigenvalue weighted by atomic mass is 10.2. The Hall–Kier alpha value is -1.51. The molecule has 0 unspecified atom stereocenters. The van der Waals surface area contributed by atoms with Crippen molar-refractivity contribution in [2.24, 2.45) is 0 Å². The summed E-state index contributed by atoms with van der Waals surface area (Å²) >= 11 is 0. The Kier molecular flexibility index (Phi) is 6.25. The number of aliphatic hydroxyl groups excluding tert-OH is 1. The van der Waals surface area contributed by atoms with Gasteiger partial charge in [0, 0.05) is 24.7 Å². The van der Waals surface area contributed by atoms with Crippen LogP contribution in [0.2, 0.25) is 0 Å². The molecule has 8 heteroatoms. The maximum atomic E-state index is 12.6. The lowest BCUT2D eigenvalue weighted by Crippen LogP contribution is -2.41. The molecule has 0 atom stereocenters. The van der Waals surface area contributed by atoms with E-state index in [1.807, 2.05) is 13.8 Å². The van der Waals surface area contributed by atoms with E-state index in [-0.39, 0.29) is 29.8 Å². The fraction of sp³-hybridized carbons (Fsp3) is 0.538. The van der Waals surface area contributed by atoms with Gasteiger partial charge in [-0.3, -0.25) is 10.1 Å². The molecule has 0 aliphatic carbocycles. The minimum absolute atomic E-state index is 0.00562. The van der Waals surface area contributed by atoms with Gasteiger partial charge in [-0.2, -0.15) is 4.31 Å². The molecule has 0 saturated carbocycles. The molecule has 0 fully saturated rings. The first-order valence-corrected chi connectivity index (χ1v) is 8.19. The summed E-state index contributed by atoms with van der Waals surface area (Å²) in [6.45, 7) is 3.49. The Morgan fingerprint density at radius 1 is 1.24 bits per heavy atom. The lowest BCUT2D eigenvalue weighted by molar-refractivity contribution is -0.384. The number of sulfonamides is 1. The van der Waals surface area contributed by atoms with Crippen molar-refractivity contribution in [1.29, 1.82) is 0 Å². The average Bonchev–Trinajstić information content (AvgIpc) is 2.47. The predicted octanol–water partition coefficient (Wildman–Crippen LogP) is 1.77.